The molecule has 88 valence electrons. The Labute approximate surface area is 90.5 Å². The second-order valence-electron chi connectivity index (χ2n) is 3.20. The van der Waals surface area contributed by atoms with Crippen molar-refractivity contribution in [2.45, 2.75) is 6.10 Å². The van der Waals surface area contributed by atoms with Gasteiger partial charge in [-0.1, -0.05) is 0 Å². The Hall–Kier alpha value is -1.73. The molecule has 0 radical (unpaired) electrons. The van der Waals surface area contributed by atoms with Gasteiger partial charge in [-0.05, 0) is 7.05 Å². The molecule has 0 heterocycles. The number of aliphatic hydroxyl groups excluding tert-OH is 1. The molecule has 0 aliphatic rings. The van der Waals surface area contributed by atoms with Crippen LogP contribution in [0.25, 0.3) is 0 Å². The van der Waals surface area contributed by atoms with E-state index in [1.165, 1.54) is 0 Å². The molecule has 1 rings (SSSR count). The largest absolute Gasteiger partial charge is 0.505 e. The van der Waals surface area contributed by atoms with Crippen LogP contribution in [0.2, 0.25) is 0 Å². The molecule has 0 bridgehead atoms. The lowest BCUT2D eigenvalue weighted by atomic mass is 10.1. The van der Waals surface area contributed by atoms with Crippen molar-refractivity contribution >= 4 is 5.69 Å². The Morgan fingerprint density at radius 1 is 1.62 bits per heavy atom. The first kappa shape index (κ1) is 12.3. The number of hydrogen-bond acceptors (Lipinski definition) is 5. The Kier molecular flexibility index (Phi) is 3.75. The molecule has 0 saturated heterocycles. The van der Waals surface area contributed by atoms with Gasteiger partial charge >= 0.3 is 0 Å². The van der Waals surface area contributed by atoms with Gasteiger partial charge in [0, 0.05) is 18.2 Å². The average molecular weight is 230 g/mol. The van der Waals surface area contributed by atoms with Gasteiger partial charge in [0.1, 0.15) is 0 Å². The third-order valence-electron chi connectivity index (χ3n) is 2.04. The fourth-order valence-electron chi connectivity index (χ4n) is 1.27. The molecular weight excluding hydrogens is 219 g/mol. The van der Waals surface area contributed by atoms with Gasteiger partial charge in [-0.25, -0.2) is 4.39 Å². The highest BCUT2D eigenvalue weighted by atomic mass is 19.1. The van der Waals surface area contributed by atoms with Crippen molar-refractivity contribution in [3.63, 3.8) is 0 Å². The predicted molar refractivity (Wildman–Crippen MR) is 53.6 cm³/mol. The quantitative estimate of drug-likeness (QED) is 0.522. The third kappa shape index (κ3) is 2.44. The normalized spacial score (nSPS) is 12.4. The Morgan fingerprint density at radius 2 is 2.25 bits per heavy atom. The number of hydrogen-bond donors (Lipinski definition) is 3. The summed E-state index contributed by atoms with van der Waals surface area (Å²) in [6, 6.07) is 1.55. The molecule has 1 aromatic rings. The maximum atomic E-state index is 13.1. The second-order valence-corrected chi connectivity index (χ2v) is 3.20. The fourth-order valence-corrected chi connectivity index (χ4v) is 1.27. The minimum Gasteiger partial charge on any atom is -0.505 e. The van der Waals surface area contributed by atoms with Crippen LogP contribution in [0.5, 0.6) is 5.75 Å². The van der Waals surface area contributed by atoms with Gasteiger partial charge in [0.05, 0.1) is 17.1 Å². The number of non-ortho nitro benzene ring substituents is 1. The molecule has 1 atom stereocenters. The number of aromatic hydroxyl groups is 1. The van der Waals surface area contributed by atoms with Gasteiger partial charge in [-0.2, -0.15) is 0 Å². The molecule has 0 aliphatic carbocycles. The lowest BCUT2D eigenvalue weighted by molar-refractivity contribution is -0.385. The van der Waals surface area contributed by atoms with Crippen molar-refractivity contribution < 1.29 is 19.5 Å². The van der Waals surface area contributed by atoms with E-state index in [-0.39, 0.29) is 12.1 Å². The van der Waals surface area contributed by atoms with Crippen LogP contribution in [0.15, 0.2) is 12.1 Å². The van der Waals surface area contributed by atoms with E-state index in [4.69, 9.17) is 0 Å². The third-order valence-corrected chi connectivity index (χ3v) is 2.04. The first-order valence-electron chi connectivity index (χ1n) is 4.46. The number of rotatable bonds is 4. The number of benzene rings is 1. The topological polar surface area (TPSA) is 95.6 Å². The summed E-state index contributed by atoms with van der Waals surface area (Å²) in [4.78, 5) is 9.66. The molecule has 7 heteroatoms. The summed E-state index contributed by atoms with van der Waals surface area (Å²) in [5.41, 5.74) is -0.721. The van der Waals surface area contributed by atoms with E-state index in [1.54, 1.807) is 7.05 Å². The lowest BCUT2D eigenvalue weighted by Gasteiger charge is -2.12. The lowest BCUT2D eigenvalue weighted by Crippen LogP contribution is -2.17. The number of nitrogens with one attached hydrogen (secondary N) is 1. The smallest absolute Gasteiger partial charge is 0.273 e. The molecule has 0 amide bonds. The summed E-state index contributed by atoms with van der Waals surface area (Å²) in [6.07, 6.45) is -1.21. The number of halogens is 1. The minimum absolute atomic E-state index is 0.0498. The van der Waals surface area contributed by atoms with E-state index >= 15 is 0 Å². The molecule has 0 aliphatic heterocycles. The van der Waals surface area contributed by atoms with Crippen LogP contribution < -0.4 is 5.32 Å². The predicted octanol–water partition coefficient (Wildman–Crippen LogP) is 0.692. The first-order valence-corrected chi connectivity index (χ1v) is 4.46. The second kappa shape index (κ2) is 4.86. The van der Waals surface area contributed by atoms with Gasteiger partial charge in [0.15, 0.2) is 11.6 Å². The van der Waals surface area contributed by atoms with Crippen molar-refractivity contribution in [2.75, 3.05) is 13.6 Å². The van der Waals surface area contributed by atoms with E-state index in [0.717, 1.165) is 6.07 Å². The Bertz CT molecular complexity index is 411. The van der Waals surface area contributed by atoms with Crippen molar-refractivity contribution in [3.8, 4) is 5.75 Å². The van der Waals surface area contributed by atoms with Crippen LogP contribution in [0.3, 0.4) is 0 Å². The Morgan fingerprint density at radius 3 is 2.75 bits per heavy atom. The van der Waals surface area contributed by atoms with Crippen LogP contribution in [0.1, 0.15) is 11.7 Å². The Balaban J connectivity index is 3.21. The molecule has 1 aromatic carbocycles. The summed E-state index contributed by atoms with van der Waals surface area (Å²) < 4.78 is 13.1. The zero-order valence-electron chi connectivity index (χ0n) is 8.48. The molecule has 0 saturated carbocycles. The molecule has 0 aromatic heterocycles. The van der Waals surface area contributed by atoms with Crippen LogP contribution in [0.4, 0.5) is 10.1 Å². The van der Waals surface area contributed by atoms with E-state index in [2.05, 4.69) is 5.32 Å². The summed E-state index contributed by atoms with van der Waals surface area (Å²) in [5.74, 6) is -1.90. The summed E-state index contributed by atoms with van der Waals surface area (Å²) >= 11 is 0. The van der Waals surface area contributed by atoms with E-state index in [0.29, 0.717) is 6.07 Å². The van der Waals surface area contributed by atoms with Gasteiger partial charge in [0.25, 0.3) is 5.69 Å². The zero-order valence-corrected chi connectivity index (χ0v) is 8.48. The fraction of sp³-hybridized carbons (Fsp3) is 0.333. The number of phenols is 1. The van der Waals surface area contributed by atoms with Crippen molar-refractivity contribution in [3.05, 3.63) is 33.6 Å². The molecule has 1 unspecified atom stereocenters. The minimum atomic E-state index is -1.21. The van der Waals surface area contributed by atoms with Gasteiger partial charge in [0.2, 0.25) is 0 Å². The SMILES string of the molecule is CNCC(O)c1cc([N+](=O)[O-])cc(F)c1O. The van der Waals surface area contributed by atoms with E-state index < -0.39 is 28.3 Å². The monoisotopic (exact) mass is 230 g/mol. The highest BCUT2D eigenvalue weighted by Crippen LogP contribution is 2.31. The summed E-state index contributed by atoms with van der Waals surface area (Å²) in [6.45, 7) is 0.0498. The molecule has 6 nitrogen and oxygen atoms in total. The number of nitro groups is 1. The van der Waals surface area contributed by atoms with Gasteiger partial charge < -0.3 is 15.5 Å². The van der Waals surface area contributed by atoms with Crippen LogP contribution >= 0.6 is 0 Å². The first-order chi connectivity index (χ1) is 7.47. The van der Waals surface area contributed by atoms with E-state index in [1.807, 2.05) is 0 Å². The van der Waals surface area contributed by atoms with Crippen molar-refractivity contribution in [1.82, 2.24) is 5.32 Å². The highest BCUT2D eigenvalue weighted by Gasteiger charge is 2.20. The molecule has 0 spiro atoms. The van der Waals surface area contributed by atoms with Crippen molar-refractivity contribution in [2.24, 2.45) is 0 Å². The van der Waals surface area contributed by atoms with Gasteiger partial charge in [-0.15, -0.1) is 0 Å². The number of likely N-dealkylation sites (N-methyl/N-ethyl adjacent to an activating group) is 1. The van der Waals surface area contributed by atoms with Crippen LogP contribution in [-0.2, 0) is 0 Å². The van der Waals surface area contributed by atoms with Gasteiger partial charge in [-0.3, -0.25) is 10.1 Å². The number of aliphatic hydroxyl groups is 1. The van der Waals surface area contributed by atoms with Crippen LogP contribution in [0, 0.1) is 15.9 Å². The maximum Gasteiger partial charge on any atom is 0.273 e. The standard InChI is InChI=1S/C9H11FN2O4/c1-11-4-8(13)6-2-5(12(15)16)3-7(10)9(6)14/h2-3,8,11,13-14H,4H2,1H3. The number of nitro benzene ring substituents is 1. The molecular formula is C9H11FN2O4. The van der Waals surface area contributed by atoms with Crippen LogP contribution in [-0.4, -0.2) is 28.7 Å². The zero-order chi connectivity index (χ0) is 12.3. The summed E-state index contributed by atoms with van der Waals surface area (Å²) in [7, 11) is 1.55. The van der Waals surface area contributed by atoms with Crippen molar-refractivity contribution in [1.29, 1.82) is 0 Å². The number of nitrogens with zero attached hydrogens (tertiary/aromatic N) is 1. The molecule has 3 N–H and O–H groups in total. The summed E-state index contributed by atoms with van der Waals surface area (Å²) in [5, 5.41) is 31.9. The molecule has 16 heavy (non-hydrogen) atoms. The highest BCUT2D eigenvalue weighted by molar-refractivity contribution is 5.45. The maximum absolute atomic E-state index is 13.1. The number of phenolic OH excluding ortho intramolecular Hbond substituents is 1. The average Bonchev–Trinajstić information content (AvgIpc) is 2.21. The molecule has 0 fully saturated rings. The van der Waals surface area contributed by atoms with E-state index in [9.17, 15) is 24.7 Å².